The maximum atomic E-state index is 13.0. The molecular weight excluding hydrogens is 405 g/mol. The number of amides is 2. The number of nitrogens with two attached hydrogens (primary N) is 1. The Hall–Kier alpha value is -2.18. The first-order valence-electron chi connectivity index (χ1n) is 8.36. The quantitative estimate of drug-likeness (QED) is 0.530. The molecule has 152 valence electrons. The van der Waals surface area contributed by atoms with Crippen LogP contribution in [0.1, 0.15) is 12.0 Å². The standard InChI is InChI=1S/C16H15F3N2O6S/c17-16(18,19)8-3-1-2-4-9(8)28(24,25)27-21-15(23)11-7-5-6(10(11)14(20)22)12-13(7)26-12/h1-4,6-7,10-13H,5H2,(H2,20,22)(H,21,23). The molecular formula is C16H15F3N2O6S. The number of alkyl halides is 3. The third kappa shape index (κ3) is 2.95. The molecule has 2 bridgehead atoms. The van der Waals surface area contributed by atoms with E-state index >= 15 is 0 Å². The highest BCUT2D eigenvalue weighted by Crippen LogP contribution is 2.61. The lowest BCUT2D eigenvalue weighted by Crippen LogP contribution is -2.45. The molecule has 0 spiro atoms. The molecule has 1 saturated heterocycles. The Morgan fingerprint density at radius 3 is 2.36 bits per heavy atom. The monoisotopic (exact) mass is 420 g/mol. The highest BCUT2D eigenvalue weighted by Gasteiger charge is 2.70. The largest absolute Gasteiger partial charge is 0.417 e. The average molecular weight is 420 g/mol. The Balaban J connectivity index is 1.52. The van der Waals surface area contributed by atoms with Crippen LogP contribution in [-0.4, -0.2) is 32.4 Å². The molecule has 2 amide bonds. The van der Waals surface area contributed by atoms with Gasteiger partial charge in [-0.3, -0.25) is 9.59 Å². The highest BCUT2D eigenvalue weighted by molar-refractivity contribution is 7.86. The van der Waals surface area contributed by atoms with Crippen LogP contribution in [0, 0.1) is 23.7 Å². The van der Waals surface area contributed by atoms with Crippen molar-refractivity contribution in [1.82, 2.24) is 5.48 Å². The molecule has 3 N–H and O–H groups in total. The van der Waals surface area contributed by atoms with E-state index in [2.05, 4.69) is 4.28 Å². The molecule has 0 aromatic heterocycles. The molecule has 2 aliphatic carbocycles. The molecule has 2 saturated carbocycles. The van der Waals surface area contributed by atoms with Crippen molar-refractivity contribution in [3.05, 3.63) is 29.8 Å². The third-order valence-corrected chi connectivity index (χ3v) is 6.80. The van der Waals surface area contributed by atoms with Crippen LogP contribution in [0.15, 0.2) is 29.2 Å². The van der Waals surface area contributed by atoms with Crippen LogP contribution in [-0.2, 0) is 34.9 Å². The number of rotatable bonds is 5. The van der Waals surface area contributed by atoms with Crippen molar-refractivity contribution in [2.24, 2.45) is 29.4 Å². The van der Waals surface area contributed by atoms with Crippen LogP contribution in [0.3, 0.4) is 0 Å². The van der Waals surface area contributed by atoms with E-state index in [0.29, 0.717) is 12.5 Å². The predicted octanol–water partition coefficient (Wildman–Crippen LogP) is 0.577. The normalized spacial score (nSPS) is 33.4. The number of hydroxylamine groups is 1. The second-order valence-corrected chi connectivity index (χ2v) is 8.60. The predicted molar refractivity (Wildman–Crippen MR) is 84.3 cm³/mol. The number of hydrogen-bond donors (Lipinski definition) is 2. The number of ether oxygens (including phenoxy) is 1. The van der Waals surface area contributed by atoms with Gasteiger partial charge in [0.25, 0.3) is 0 Å². The van der Waals surface area contributed by atoms with Crippen LogP contribution in [0.5, 0.6) is 0 Å². The SMILES string of the molecule is NC(=O)C1C2CC(C3OC23)C1C(=O)NOS(=O)(=O)c1ccccc1C(F)(F)F. The lowest BCUT2D eigenvalue weighted by molar-refractivity contribution is -0.140. The first-order valence-corrected chi connectivity index (χ1v) is 9.77. The van der Waals surface area contributed by atoms with Gasteiger partial charge >= 0.3 is 16.3 Å². The van der Waals surface area contributed by atoms with Crippen molar-refractivity contribution < 1.29 is 40.2 Å². The van der Waals surface area contributed by atoms with Gasteiger partial charge in [-0.15, -0.1) is 4.28 Å². The number of carbonyl (C=O) groups excluding carboxylic acids is 2. The number of halogens is 3. The summed E-state index contributed by atoms with van der Waals surface area (Å²) in [6, 6.07) is 3.43. The summed E-state index contributed by atoms with van der Waals surface area (Å²) < 4.78 is 73.3. The van der Waals surface area contributed by atoms with E-state index in [9.17, 15) is 31.2 Å². The van der Waals surface area contributed by atoms with E-state index in [-0.39, 0.29) is 24.0 Å². The summed E-state index contributed by atoms with van der Waals surface area (Å²) in [6.45, 7) is 0. The van der Waals surface area contributed by atoms with E-state index in [1.165, 1.54) is 0 Å². The molecule has 12 heteroatoms. The number of nitrogens with one attached hydrogen (secondary N) is 1. The third-order valence-electron chi connectivity index (χ3n) is 5.60. The van der Waals surface area contributed by atoms with Gasteiger partial charge in [-0.2, -0.15) is 21.6 Å². The summed E-state index contributed by atoms with van der Waals surface area (Å²) in [5, 5.41) is 0. The maximum absolute atomic E-state index is 13.0. The van der Waals surface area contributed by atoms with Crippen LogP contribution in [0.4, 0.5) is 13.2 Å². The van der Waals surface area contributed by atoms with Crippen LogP contribution in [0.2, 0.25) is 0 Å². The molecule has 1 aromatic carbocycles. The fourth-order valence-electron chi connectivity index (χ4n) is 4.52. The molecule has 3 aliphatic rings. The van der Waals surface area contributed by atoms with E-state index in [1.807, 2.05) is 0 Å². The molecule has 6 unspecified atom stereocenters. The summed E-state index contributed by atoms with van der Waals surface area (Å²) in [6.07, 6.45) is -4.73. The Morgan fingerprint density at radius 2 is 1.75 bits per heavy atom. The van der Waals surface area contributed by atoms with Gasteiger partial charge in [0, 0.05) is 11.8 Å². The Kier molecular flexibility index (Phi) is 4.21. The second-order valence-electron chi connectivity index (χ2n) is 7.08. The van der Waals surface area contributed by atoms with E-state index < -0.39 is 50.4 Å². The zero-order valence-corrected chi connectivity index (χ0v) is 14.9. The lowest BCUT2D eigenvalue weighted by atomic mass is 9.78. The van der Waals surface area contributed by atoms with Crippen molar-refractivity contribution in [2.75, 3.05) is 0 Å². The second kappa shape index (κ2) is 6.16. The van der Waals surface area contributed by atoms with Gasteiger partial charge in [-0.05, 0) is 18.6 Å². The highest BCUT2D eigenvalue weighted by atomic mass is 32.2. The first-order chi connectivity index (χ1) is 13.0. The van der Waals surface area contributed by atoms with Gasteiger partial charge in [0.2, 0.25) is 11.8 Å². The van der Waals surface area contributed by atoms with Crippen LogP contribution >= 0.6 is 0 Å². The molecule has 8 nitrogen and oxygen atoms in total. The molecule has 6 atom stereocenters. The van der Waals surface area contributed by atoms with Gasteiger partial charge < -0.3 is 10.5 Å². The minimum atomic E-state index is -4.95. The molecule has 4 rings (SSSR count). The number of benzene rings is 1. The number of carbonyl (C=O) groups is 2. The number of primary amides is 1. The minimum Gasteiger partial charge on any atom is -0.369 e. The zero-order chi connectivity index (χ0) is 20.4. The van der Waals surface area contributed by atoms with Crippen molar-refractivity contribution in [2.45, 2.75) is 29.7 Å². The minimum absolute atomic E-state index is 0.130. The Morgan fingerprint density at radius 1 is 1.14 bits per heavy atom. The van der Waals surface area contributed by atoms with Crippen molar-refractivity contribution in [3.8, 4) is 0 Å². The van der Waals surface area contributed by atoms with Gasteiger partial charge in [0.15, 0.2) is 0 Å². The van der Waals surface area contributed by atoms with Crippen molar-refractivity contribution >= 4 is 21.9 Å². The number of hydrogen-bond acceptors (Lipinski definition) is 6. The Labute approximate surface area is 157 Å². The van der Waals surface area contributed by atoms with Crippen LogP contribution in [0.25, 0.3) is 0 Å². The first kappa shape index (κ1) is 19.2. The zero-order valence-electron chi connectivity index (χ0n) is 14.0. The van der Waals surface area contributed by atoms with E-state index in [1.54, 1.807) is 5.48 Å². The van der Waals surface area contributed by atoms with Gasteiger partial charge in [0.05, 0.1) is 29.6 Å². The van der Waals surface area contributed by atoms with Gasteiger partial charge in [-0.25, -0.2) is 5.48 Å². The summed E-state index contributed by atoms with van der Waals surface area (Å²) in [5.41, 5.74) is 5.65. The molecule has 0 radical (unpaired) electrons. The van der Waals surface area contributed by atoms with Crippen LogP contribution < -0.4 is 11.2 Å². The summed E-state index contributed by atoms with van der Waals surface area (Å²) in [5.74, 6) is -4.00. The van der Waals surface area contributed by atoms with E-state index in [0.717, 1.165) is 18.2 Å². The fraction of sp³-hybridized carbons (Fsp3) is 0.500. The lowest BCUT2D eigenvalue weighted by Gasteiger charge is -2.25. The topological polar surface area (TPSA) is 128 Å². The summed E-state index contributed by atoms with van der Waals surface area (Å²) in [4.78, 5) is 23.1. The Bertz CT molecular complexity index is 950. The number of fused-ring (bicyclic) bond motifs is 5. The summed E-state index contributed by atoms with van der Waals surface area (Å²) in [7, 11) is -4.95. The fourth-order valence-corrected chi connectivity index (χ4v) is 5.50. The molecule has 1 aliphatic heterocycles. The van der Waals surface area contributed by atoms with E-state index in [4.69, 9.17) is 10.5 Å². The van der Waals surface area contributed by atoms with Crippen molar-refractivity contribution in [1.29, 1.82) is 0 Å². The summed E-state index contributed by atoms with van der Waals surface area (Å²) >= 11 is 0. The molecule has 28 heavy (non-hydrogen) atoms. The van der Waals surface area contributed by atoms with Gasteiger partial charge in [-0.1, -0.05) is 12.1 Å². The number of epoxide rings is 1. The van der Waals surface area contributed by atoms with Gasteiger partial charge in [0.1, 0.15) is 4.90 Å². The van der Waals surface area contributed by atoms with Crippen molar-refractivity contribution in [3.63, 3.8) is 0 Å². The molecule has 1 heterocycles. The molecule has 1 aromatic rings. The smallest absolute Gasteiger partial charge is 0.369 e. The maximum Gasteiger partial charge on any atom is 0.417 e. The average Bonchev–Trinajstić information content (AvgIpc) is 3.23. The molecule has 3 fully saturated rings.